The van der Waals surface area contributed by atoms with Crippen molar-refractivity contribution in [3.05, 3.63) is 18.2 Å². The van der Waals surface area contributed by atoms with Gasteiger partial charge in [0.05, 0.1) is 28.2 Å². The van der Waals surface area contributed by atoms with Crippen LogP contribution >= 0.6 is 11.8 Å². The van der Waals surface area contributed by atoms with E-state index < -0.39 is 15.9 Å². The number of amides is 3. The number of nitrogens with zero attached hydrogens (tertiary/aromatic N) is 2. The molecule has 0 saturated carbocycles. The van der Waals surface area contributed by atoms with Gasteiger partial charge in [0.25, 0.3) is 0 Å². The minimum atomic E-state index is -3.68. The van der Waals surface area contributed by atoms with E-state index >= 15 is 0 Å². The number of rotatable bonds is 5. The van der Waals surface area contributed by atoms with Crippen molar-refractivity contribution in [2.24, 2.45) is 0 Å². The summed E-state index contributed by atoms with van der Waals surface area (Å²) in [5, 5.41) is 2.48. The first-order chi connectivity index (χ1) is 14.2. The number of fused-ring (bicyclic) bond motifs is 1. The number of carbonyl (C=O) groups is 3. The zero-order chi connectivity index (χ0) is 21.9. The molecule has 9 nitrogen and oxygen atoms in total. The molecule has 3 rings (SSSR count). The number of hydrogen-bond acceptors (Lipinski definition) is 7. The number of anilines is 1. The Hall–Kier alpha value is -2.27. The van der Waals surface area contributed by atoms with Crippen LogP contribution in [0.1, 0.15) is 20.3 Å². The number of hydrogen-bond donors (Lipinski definition) is 1. The molecule has 1 N–H and O–H groups in total. The lowest BCUT2D eigenvalue weighted by Crippen LogP contribution is -2.50. The summed E-state index contributed by atoms with van der Waals surface area (Å²) in [6.45, 7) is 5.21. The van der Waals surface area contributed by atoms with Gasteiger partial charge in [-0.25, -0.2) is 13.2 Å². The Kier molecular flexibility index (Phi) is 6.91. The van der Waals surface area contributed by atoms with Crippen molar-refractivity contribution in [2.45, 2.75) is 35.3 Å². The Morgan fingerprint density at radius 3 is 2.53 bits per heavy atom. The summed E-state index contributed by atoms with van der Waals surface area (Å²) in [5.41, 5.74) is 0.477. The number of nitrogens with one attached hydrogen (secondary N) is 1. The normalized spacial score (nSPS) is 19.1. The van der Waals surface area contributed by atoms with E-state index in [1.165, 1.54) is 28.8 Å². The van der Waals surface area contributed by atoms with Crippen molar-refractivity contribution >= 4 is 45.2 Å². The van der Waals surface area contributed by atoms with Crippen LogP contribution in [0.15, 0.2) is 28.0 Å². The van der Waals surface area contributed by atoms with E-state index in [0.29, 0.717) is 38.5 Å². The average molecular weight is 456 g/mol. The number of piperazine rings is 1. The fourth-order valence-electron chi connectivity index (χ4n) is 3.23. The number of thioether (sulfide) groups is 1. The molecule has 3 amide bonds. The lowest BCUT2D eigenvalue weighted by atomic mass is 10.3. The smallest absolute Gasteiger partial charge is 0.409 e. The van der Waals surface area contributed by atoms with Gasteiger partial charge in [-0.3, -0.25) is 9.59 Å². The van der Waals surface area contributed by atoms with Gasteiger partial charge in [0, 0.05) is 37.5 Å². The number of sulfone groups is 1. The highest BCUT2D eigenvalue weighted by Crippen LogP contribution is 2.36. The highest BCUT2D eigenvalue weighted by Gasteiger charge is 2.28. The van der Waals surface area contributed by atoms with Gasteiger partial charge in [-0.05, 0) is 32.0 Å². The number of carbonyl (C=O) groups excluding carboxylic acids is 3. The van der Waals surface area contributed by atoms with Gasteiger partial charge in [0.2, 0.25) is 11.8 Å². The van der Waals surface area contributed by atoms with Crippen molar-refractivity contribution in [3.8, 4) is 0 Å². The summed E-state index contributed by atoms with van der Waals surface area (Å²) in [5.74, 6) is -0.753. The lowest BCUT2D eigenvalue weighted by molar-refractivity contribution is -0.132. The third-order valence-electron chi connectivity index (χ3n) is 4.98. The minimum absolute atomic E-state index is 0.0802. The molecule has 1 atom stereocenters. The molecule has 0 spiro atoms. The molecule has 1 saturated heterocycles. The Morgan fingerprint density at radius 2 is 1.87 bits per heavy atom. The quantitative estimate of drug-likeness (QED) is 0.717. The van der Waals surface area contributed by atoms with Gasteiger partial charge in [0.1, 0.15) is 0 Å². The van der Waals surface area contributed by atoms with E-state index in [2.05, 4.69) is 5.32 Å². The number of ether oxygens (including phenoxy) is 1. The monoisotopic (exact) mass is 455 g/mol. The van der Waals surface area contributed by atoms with Crippen molar-refractivity contribution in [2.75, 3.05) is 43.9 Å². The van der Waals surface area contributed by atoms with Crippen molar-refractivity contribution in [1.29, 1.82) is 0 Å². The molecule has 164 valence electrons. The molecule has 0 bridgehead atoms. The summed E-state index contributed by atoms with van der Waals surface area (Å²) in [7, 11) is -3.68. The maximum Gasteiger partial charge on any atom is 0.409 e. The third-order valence-corrected chi connectivity index (χ3v) is 7.88. The van der Waals surface area contributed by atoms with E-state index in [1.54, 1.807) is 24.8 Å². The molecule has 2 aliphatic heterocycles. The predicted octanol–water partition coefficient (Wildman–Crippen LogP) is 1.58. The SMILES string of the molecule is CCOC(=O)N1CCN(C(=O)CCS(=O)(=O)c2ccc3c(c2)NC(=O)[C@@H](C)S3)CC1. The van der Waals surface area contributed by atoms with Crippen LogP contribution in [0.3, 0.4) is 0 Å². The molecule has 1 fully saturated rings. The Balaban J connectivity index is 1.57. The maximum absolute atomic E-state index is 12.7. The van der Waals surface area contributed by atoms with Crippen LogP contribution in [0, 0.1) is 0 Å². The molecule has 1 aromatic carbocycles. The Morgan fingerprint density at radius 1 is 1.20 bits per heavy atom. The summed E-state index contributed by atoms with van der Waals surface area (Å²) < 4.78 is 30.4. The second-order valence-corrected chi connectivity index (χ2v) is 10.5. The lowest BCUT2D eigenvalue weighted by Gasteiger charge is -2.34. The first kappa shape index (κ1) is 22.4. The van der Waals surface area contributed by atoms with Crippen LogP contribution in [0.2, 0.25) is 0 Å². The summed E-state index contributed by atoms with van der Waals surface area (Å²) in [6.07, 6.45) is -0.545. The van der Waals surface area contributed by atoms with E-state index in [-0.39, 0.29) is 34.1 Å². The standard InChI is InChI=1S/C19H25N3O6S2/c1-3-28-19(25)22-9-7-21(8-10-22)17(23)6-11-30(26,27)14-4-5-16-15(12-14)20-18(24)13(2)29-16/h4-5,12-13H,3,6-11H2,1-2H3,(H,20,24)/t13-/m1/s1. The third kappa shape index (κ3) is 5.07. The highest BCUT2D eigenvalue weighted by molar-refractivity contribution is 8.01. The van der Waals surface area contributed by atoms with Crippen LogP contribution in [0.5, 0.6) is 0 Å². The van der Waals surface area contributed by atoms with E-state index in [1.807, 2.05) is 0 Å². The van der Waals surface area contributed by atoms with Crippen LogP contribution in [-0.2, 0) is 24.2 Å². The zero-order valence-electron chi connectivity index (χ0n) is 16.9. The molecular weight excluding hydrogens is 430 g/mol. The van der Waals surface area contributed by atoms with Gasteiger partial charge in [-0.15, -0.1) is 11.8 Å². The highest BCUT2D eigenvalue weighted by atomic mass is 32.2. The van der Waals surface area contributed by atoms with Gasteiger partial charge in [0.15, 0.2) is 9.84 Å². The number of benzene rings is 1. The van der Waals surface area contributed by atoms with Gasteiger partial charge in [-0.2, -0.15) is 0 Å². The Bertz CT molecular complexity index is 942. The second kappa shape index (κ2) is 9.25. The molecule has 1 aromatic rings. The van der Waals surface area contributed by atoms with Crippen molar-refractivity contribution in [3.63, 3.8) is 0 Å². The van der Waals surface area contributed by atoms with Crippen molar-refractivity contribution in [1.82, 2.24) is 9.80 Å². The van der Waals surface area contributed by atoms with E-state index in [9.17, 15) is 22.8 Å². The average Bonchev–Trinajstić information content (AvgIpc) is 2.73. The minimum Gasteiger partial charge on any atom is -0.450 e. The first-order valence-corrected chi connectivity index (χ1v) is 12.3. The van der Waals surface area contributed by atoms with Crippen LogP contribution < -0.4 is 5.32 Å². The Labute approximate surface area is 180 Å². The first-order valence-electron chi connectivity index (χ1n) is 9.75. The fraction of sp³-hybridized carbons (Fsp3) is 0.526. The maximum atomic E-state index is 12.7. The fourth-order valence-corrected chi connectivity index (χ4v) is 5.41. The van der Waals surface area contributed by atoms with Crippen molar-refractivity contribution < 1.29 is 27.5 Å². The second-order valence-electron chi connectivity index (χ2n) is 7.04. The molecule has 0 unspecified atom stereocenters. The molecular formula is C19H25N3O6S2. The van der Waals surface area contributed by atoms with Crippen LogP contribution in [0.25, 0.3) is 0 Å². The van der Waals surface area contributed by atoms with E-state index in [0.717, 1.165) is 4.90 Å². The molecule has 0 aromatic heterocycles. The van der Waals surface area contributed by atoms with Gasteiger partial charge in [-0.1, -0.05) is 0 Å². The molecule has 0 aliphatic carbocycles. The predicted molar refractivity (Wildman–Crippen MR) is 112 cm³/mol. The molecule has 0 radical (unpaired) electrons. The summed E-state index contributed by atoms with van der Waals surface area (Å²) >= 11 is 1.38. The van der Waals surface area contributed by atoms with Gasteiger partial charge >= 0.3 is 6.09 Å². The summed E-state index contributed by atoms with van der Waals surface area (Å²) in [6, 6.07) is 4.64. The van der Waals surface area contributed by atoms with E-state index in [4.69, 9.17) is 4.74 Å². The molecule has 2 heterocycles. The summed E-state index contributed by atoms with van der Waals surface area (Å²) in [4.78, 5) is 40.0. The van der Waals surface area contributed by atoms with Crippen LogP contribution in [0.4, 0.5) is 10.5 Å². The topological polar surface area (TPSA) is 113 Å². The zero-order valence-corrected chi connectivity index (χ0v) is 18.6. The molecule has 11 heteroatoms. The largest absolute Gasteiger partial charge is 0.450 e. The van der Waals surface area contributed by atoms with Gasteiger partial charge < -0.3 is 19.9 Å². The molecule has 30 heavy (non-hydrogen) atoms. The van der Waals surface area contributed by atoms with Crippen LogP contribution in [-0.4, -0.2) is 79.9 Å². The molecule has 2 aliphatic rings.